The molecule has 5 aliphatic carbocycles. The summed E-state index contributed by atoms with van der Waals surface area (Å²) in [4.78, 5) is 23.4. The largest absolute Gasteiger partial charge is 0.390 e. The second-order valence-corrected chi connectivity index (χ2v) is 13.5. The molecule has 0 spiro atoms. The molecule has 2 N–H and O–H groups in total. The molecule has 0 aromatic carbocycles. The Morgan fingerprint density at radius 3 is 2.64 bits per heavy atom. The molecule has 1 amide bonds. The van der Waals surface area contributed by atoms with E-state index in [4.69, 9.17) is 4.52 Å². The number of nitrogens with one attached hydrogen (secondary N) is 1. The number of nitrogens with zero attached hydrogens (tertiary/aromatic N) is 4. The molecule has 5 atom stereocenters. The Morgan fingerprint density at radius 1 is 1.17 bits per heavy atom. The zero-order valence-corrected chi connectivity index (χ0v) is 20.7. The van der Waals surface area contributed by atoms with Crippen molar-refractivity contribution in [1.29, 1.82) is 0 Å². The van der Waals surface area contributed by atoms with Crippen molar-refractivity contribution in [3.05, 3.63) is 29.4 Å². The van der Waals surface area contributed by atoms with Gasteiger partial charge in [0.1, 0.15) is 0 Å². The zero-order chi connectivity index (χ0) is 24.7. The van der Waals surface area contributed by atoms with Crippen LogP contribution in [0.1, 0.15) is 54.0 Å². The van der Waals surface area contributed by atoms with E-state index >= 15 is 0 Å². The molecule has 1 aliphatic heterocycles. The van der Waals surface area contributed by atoms with Crippen molar-refractivity contribution in [3.63, 3.8) is 0 Å². The van der Waals surface area contributed by atoms with Crippen LogP contribution in [0.5, 0.6) is 0 Å². The van der Waals surface area contributed by atoms with Gasteiger partial charge in [0.05, 0.1) is 34.1 Å². The number of fused-ring (bicyclic) bond motifs is 1. The van der Waals surface area contributed by atoms with Crippen LogP contribution in [0.2, 0.25) is 0 Å². The summed E-state index contributed by atoms with van der Waals surface area (Å²) in [6, 6.07) is 0.250. The summed E-state index contributed by atoms with van der Waals surface area (Å²) < 4.78 is 29.0. The normalized spacial score (nSPS) is 33.6. The first-order valence-electron chi connectivity index (χ1n) is 12.8. The van der Waals surface area contributed by atoms with Crippen LogP contribution in [0, 0.1) is 17.8 Å². The average Bonchev–Trinajstić information content (AvgIpc) is 3.50. The molecular weight excluding hydrogens is 482 g/mol. The number of anilines is 1. The Hall–Kier alpha value is -2.79. The smallest absolute Gasteiger partial charge is 0.295 e. The van der Waals surface area contributed by atoms with E-state index in [2.05, 4.69) is 32.6 Å². The maximum atomic E-state index is 12.9. The summed E-state index contributed by atoms with van der Waals surface area (Å²) in [6.45, 7) is 0.252. The number of hydrogen-bond donors (Lipinski definition) is 2. The average molecular weight is 512 g/mol. The van der Waals surface area contributed by atoms with Crippen LogP contribution in [0.3, 0.4) is 0 Å². The van der Waals surface area contributed by atoms with Gasteiger partial charge in [0.2, 0.25) is 0 Å². The van der Waals surface area contributed by atoms with Crippen molar-refractivity contribution in [2.24, 2.45) is 17.8 Å². The van der Waals surface area contributed by atoms with Crippen LogP contribution in [-0.4, -0.2) is 75.7 Å². The highest BCUT2D eigenvalue weighted by atomic mass is 32.2. The van der Waals surface area contributed by atoms with Crippen LogP contribution < -0.4 is 5.32 Å². The minimum absolute atomic E-state index is 0.0572. The zero-order valence-electron chi connectivity index (χ0n) is 19.9. The van der Waals surface area contributed by atoms with Gasteiger partial charge in [-0.2, -0.15) is 4.98 Å². The SMILES string of the molecule is O=C(c1noc(-c2cnc3c(c2NC2[C@@H]4CC5C[C@H]2CC(O)(C5)C4)C=CC3)n1)N1CCS(=O)(=O)CC1. The molecule has 5 fully saturated rings. The van der Waals surface area contributed by atoms with E-state index in [0.29, 0.717) is 23.3 Å². The summed E-state index contributed by atoms with van der Waals surface area (Å²) >= 11 is 0. The molecular formula is C25H29N5O5S. The number of rotatable bonds is 4. The van der Waals surface area contributed by atoms with Crippen molar-refractivity contribution in [1.82, 2.24) is 20.0 Å². The fourth-order valence-electron chi connectivity index (χ4n) is 7.37. The van der Waals surface area contributed by atoms with Gasteiger partial charge in [-0.05, 0) is 49.9 Å². The van der Waals surface area contributed by atoms with Gasteiger partial charge in [-0.15, -0.1) is 0 Å². The topological polar surface area (TPSA) is 139 Å². The Morgan fingerprint density at radius 2 is 1.92 bits per heavy atom. The Balaban J connectivity index is 1.19. The number of aromatic nitrogens is 3. The second-order valence-electron chi connectivity index (χ2n) is 11.2. The second kappa shape index (κ2) is 7.85. The molecule has 11 heteroatoms. The molecule has 8 rings (SSSR count). The van der Waals surface area contributed by atoms with E-state index < -0.39 is 21.3 Å². The fraction of sp³-hybridized carbons (Fsp3) is 0.600. The standard InChI is InChI=1S/C25H29N5O5S/c31-24(30-4-6-36(33,34)7-5-30)22-28-23(35-29-22)18-13-26-19-3-1-2-17(19)21(18)27-20-15-8-14-9-16(20)12-25(32,10-14)11-15/h1-2,13-16,20,32H,3-12H2,(H,26,27)/t14?,15-,16+,20?,25?. The van der Waals surface area contributed by atoms with Crippen LogP contribution in [0.15, 0.2) is 16.8 Å². The summed E-state index contributed by atoms with van der Waals surface area (Å²) in [7, 11) is -3.10. The third kappa shape index (κ3) is 3.66. The summed E-state index contributed by atoms with van der Waals surface area (Å²) in [6.07, 6.45) is 11.5. The van der Waals surface area contributed by atoms with Crippen molar-refractivity contribution in [3.8, 4) is 11.5 Å². The first-order chi connectivity index (χ1) is 17.3. The van der Waals surface area contributed by atoms with E-state index in [1.165, 1.54) is 4.90 Å². The Kier molecular flexibility index (Phi) is 4.89. The molecule has 36 heavy (non-hydrogen) atoms. The lowest BCUT2D eigenvalue weighted by Crippen LogP contribution is -2.59. The Bertz CT molecular complexity index is 1360. The Labute approximate surface area is 209 Å². The van der Waals surface area contributed by atoms with Crippen molar-refractivity contribution in [2.75, 3.05) is 29.9 Å². The van der Waals surface area contributed by atoms with Gasteiger partial charge < -0.3 is 19.8 Å². The predicted molar refractivity (Wildman–Crippen MR) is 131 cm³/mol. The number of sulfone groups is 1. The molecule has 2 aromatic heterocycles. The highest BCUT2D eigenvalue weighted by molar-refractivity contribution is 7.91. The van der Waals surface area contributed by atoms with Gasteiger partial charge in [0.15, 0.2) is 9.84 Å². The number of carbonyl (C=O) groups excluding carboxylic acids is 1. The van der Waals surface area contributed by atoms with Crippen LogP contribution in [0.4, 0.5) is 5.69 Å². The van der Waals surface area contributed by atoms with Crippen LogP contribution >= 0.6 is 0 Å². The van der Waals surface area contributed by atoms with Gasteiger partial charge in [0.25, 0.3) is 17.6 Å². The number of allylic oxidation sites excluding steroid dienone is 1. The van der Waals surface area contributed by atoms with Crippen molar-refractivity contribution >= 4 is 27.5 Å². The first-order valence-corrected chi connectivity index (χ1v) is 14.6. The quantitative estimate of drug-likeness (QED) is 0.630. The van der Waals surface area contributed by atoms with Crippen LogP contribution in [0.25, 0.3) is 17.5 Å². The van der Waals surface area contributed by atoms with Crippen molar-refractivity contribution in [2.45, 2.75) is 50.2 Å². The summed E-state index contributed by atoms with van der Waals surface area (Å²) in [5.74, 6) is 1.03. The molecule has 190 valence electrons. The molecule has 3 unspecified atom stereocenters. The number of hydrogen-bond acceptors (Lipinski definition) is 9. The highest BCUT2D eigenvalue weighted by Crippen LogP contribution is 2.56. The maximum Gasteiger partial charge on any atom is 0.295 e. The molecule has 4 bridgehead atoms. The maximum absolute atomic E-state index is 12.9. The van der Waals surface area contributed by atoms with Gasteiger partial charge in [-0.25, -0.2) is 8.42 Å². The minimum atomic E-state index is -3.10. The van der Waals surface area contributed by atoms with Gasteiger partial charge >= 0.3 is 0 Å². The lowest BCUT2D eigenvalue weighted by Gasteiger charge is -2.58. The van der Waals surface area contributed by atoms with E-state index in [0.717, 1.165) is 55.5 Å². The number of amides is 1. The van der Waals surface area contributed by atoms with Crippen molar-refractivity contribution < 1.29 is 22.8 Å². The lowest BCUT2D eigenvalue weighted by molar-refractivity contribution is -0.129. The van der Waals surface area contributed by atoms with E-state index in [9.17, 15) is 18.3 Å². The molecule has 4 saturated carbocycles. The fourth-order valence-corrected chi connectivity index (χ4v) is 8.58. The highest BCUT2D eigenvalue weighted by Gasteiger charge is 2.55. The van der Waals surface area contributed by atoms with Crippen LogP contribution in [-0.2, 0) is 16.3 Å². The molecule has 0 radical (unpaired) electrons. The summed E-state index contributed by atoms with van der Waals surface area (Å²) in [5.41, 5.74) is 3.03. The van der Waals surface area contributed by atoms with E-state index in [1.807, 2.05) is 0 Å². The molecule has 1 saturated heterocycles. The van der Waals surface area contributed by atoms with Gasteiger partial charge in [0, 0.05) is 37.3 Å². The number of pyridine rings is 1. The first kappa shape index (κ1) is 22.4. The third-order valence-corrected chi connectivity index (χ3v) is 10.4. The molecule has 10 nitrogen and oxygen atoms in total. The van der Waals surface area contributed by atoms with E-state index in [1.54, 1.807) is 6.20 Å². The summed E-state index contributed by atoms with van der Waals surface area (Å²) in [5, 5.41) is 18.8. The molecule has 2 aromatic rings. The van der Waals surface area contributed by atoms with Gasteiger partial charge in [-0.1, -0.05) is 17.3 Å². The van der Waals surface area contributed by atoms with E-state index in [-0.39, 0.29) is 42.4 Å². The monoisotopic (exact) mass is 511 g/mol. The third-order valence-electron chi connectivity index (χ3n) is 8.83. The lowest BCUT2D eigenvalue weighted by atomic mass is 9.52. The molecule has 3 heterocycles. The van der Waals surface area contributed by atoms with Gasteiger partial charge in [-0.3, -0.25) is 9.78 Å². The number of carbonyl (C=O) groups is 1. The minimum Gasteiger partial charge on any atom is -0.390 e. The predicted octanol–water partition coefficient (Wildman–Crippen LogP) is 1.92. The molecule has 6 aliphatic rings. The number of aliphatic hydroxyl groups is 1.